The zero-order valence-corrected chi connectivity index (χ0v) is 89.7. The highest BCUT2D eigenvalue weighted by Crippen LogP contribution is 2.15. The van der Waals surface area contributed by atoms with Crippen LogP contribution in [0.25, 0.3) is 0 Å². The Kier molecular flexibility index (Phi) is 119. The Morgan fingerprint density at radius 3 is 0.710 bits per heavy atom. The van der Waals surface area contributed by atoms with Gasteiger partial charge in [-0.25, -0.2) is 9.59 Å². The van der Waals surface area contributed by atoms with E-state index in [0.717, 1.165) is 38.5 Å². The average molecular weight is 2120 g/mol. The van der Waals surface area contributed by atoms with Gasteiger partial charge in [0.15, 0.2) is 0 Å². The molecule has 0 radical (unpaired) electrons. The van der Waals surface area contributed by atoms with E-state index >= 15 is 0 Å². The molecule has 0 saturated carbocycles. The fourth-order valence-electron chi connectivity index (χ4n) is 12.6. The van der Waals surface area contributed by atoms with Crippen molar-refractivity contribution in [3.05, 3.63) is 0 Å². The van der Waals surface area contributed by atoms with Gasteiger partial charge in [-0.1, -0.05) is 155 Å². The number of amides is 6. The first-order valence-electron chi connectivity index (χ1n) is 53.6. The van der Waals surface area contributed by atoms with Crippen LogP contribution in [-0.2, 0) is 161 Å². The molecule has 0 aliphatic carbocycles. The molecule has 0 aromatic carbocycles. The summed E-state index contributed by atoms with van der Waals surface area (Å²) in [5, 5.41) is 23.1. The van der Waals surface area contributed by atoms with Gasteiger partial charge in [0.2, 0.25) is 23.6 Å². The molecule has 0 spiro atoms. The Labute approximate surface area is 871 Å². The number of nitrogens with one attached hydrogen (secondary N) is 5. The summed E-state index contributed by atoms with van der Waals surface area (Å²) in [5.74, 6) is -1.87. The molecule has 0 aliphatic rings. The van der Waals surface area contributed by atoms with Gasteiger partial charge in [-0.05, 0) is 12.8 Å². The number of alkyl carbamates (subject to hydrolysis) is 2. The zero-order chi connectivity index (χ0) is 105. The molecule has 145 heavy (non-hydrogen) atoms. The van der Waals surface area contributed by atoms with Gasteiger partial charge in [-0.3, -0.25) is 19.2 Å². The first-order chi connectivity index (χ1) is 71.5. The van der Waals surface area contributed by atoms with E-state index in [9.17, 15) is 33.9 Å². The summed E-state index contributed by atoms with van der Waals surface area (Å²) < 4.78 is 166. The van der Waals surface area contributed by atoms with E-state index in [0.29, 0.717) is 363 Å². The number of aliphatic hydroxyl groups excluding tert-OH is 1. The highest BCUT2D eigenvalue weighted by atomic mass is 32.2. The summed E-state index contributed by atoms with van der Waals surface area (Å²) in [6.45, 7) is 28.7. The molecular formula is C100H197N7O37S. The van der Waals surface area contributed by atoms with Crippen LogP contribution in [0.5, 0.6) is 0 Å². The lowest BCUT2D eigenvalue weighted by molar-refractivity contribution is -0.130. The van der Waals surface area contributed by atoms with Crippen LogP contribution >= 0.6 is 11.8 Å². The second kappa shape index (κ2) is 123. The van der Waals surface area contributed by atoms with Gasteiger partial charge in [-0.15, -0.1) is 0 Å². The van der Waals surface area contributed by atoms with Crippen LogP contribution in [0.2, 0.25) is 0 Å². The van der Waals surface area contributed by atoms with E-state index in [4.69, 9.17) is 154 Å². The number of unbranched alkanes of at least 4 members (excludes halogenated alkanes) is 22. The van der Waals surface area contributed by atoms with E-state index in [1.807, 2.05) is 0 Å². The molecule has 0 unspecified atom stereocenters. The summed E-state index contributed by atoms with van der Waals surface area (Å²) in [4.78, 5) is 73.6. The quantitative estimate of drug-likeness (QED) is 0.0309. The van der Waals surface area contributed by atoms with Crippen molar-refractivity contribution in [1.82, 2.24) is 26.6 Å². The van der Waals surface area contributed by atoms with Crippen LogP contribution in [0.15, 0.2) is 0 Å². The fraction of sp³-hybridized carbons (Fsp3) is 0.940. The number of primary amides is 1. The van der Waals surface area contributed by atoms with Crippen molar-refractivity contribution in [2.24, 2.45) is 11.5 Å². The van der Waals surface area contributed by atoms with Gasteiger partial charge >= 0.3 is 12.2 Å². The predicted octanol–water partition coefficient (Wildman–Crippen LogP) is 6.32. The number of carbonyl (C=O) groups excluding carboxylic acids is 6. The van der Waals surface area contributed by atoms with E-state index in [2.05, 4.69) is 40.4 Å². The maximum Gasteiger partial charge on any atom is 0.407 e. The van der Waals surface area contributed by atoms with Gasteiger partial charge < -0.3 is 185 Å². The molecule has 0 saturated heterocycles. The monoisotopic (exact) mass is 2120 g/mol. The van der Waals surface area contributed by atoms with Gasteiger partial charge in [0.25, 0.3) is 0 Å². The average Bonchev–Trinajstić information content (AvgIpc) is 0.903. The summed E-state index contributed by atoms with van der Waals surface area (Å²) in [6.07, 6.45) is 27.2. The van der Waals surface area contributed by atoms with Gasteiger partial charge in [0.05, 0.1) is 389 Å². The third-order valence-corrected chi connectivity index (χ3v) is 21.8. The van der Waals surface area contributed by atoms with Crippen molar-refractivity contribution in [3.63, 3.8) is 0 Å². The third kappa shape index (κ3) is 118. The van der Waals surface area contributed by atoms with E-state index < -0.39 is 54.7 Å². The molecule has 0 fully saturated rings. The van der Waals surface area contributed by atoms with E-state index in [1.165, 1.54) is 127 Å². The number of rotatable bonds is 126. The number of ether oxygens (including phenoxy) is 30. The molecule has 10 N–H and O–H groups in total. The van der Waals surface area contributed by atoms with Gasteiger partial charge in [-0.2, -0.15) is 11.8 Å². The summed E-state index contributed by atoms with van der Waals surface area (Å²) in [6, 6.07) is -2.31. The lowest BCUT2D eigenvalue weighted by Gasteiger charge is -2.20. The number of nitrogens with two attached hydrogens (primary N) is 2. The zero-order valence-electron chi connectivity index (χ0n) is 88.9. The Morgan fingerprint density at radius 2 is 0.476 bits per heavy atom. The summed E-state index contributed by atoms with van der Waals surface area (Å²) in [7, 11) is 0. The highest BCUT2D eigenvalue weighted by Gasteiger charge is 2.25. The topological polar surface area (TPSA) is 512 Å². The van der Waals surface area contributed by atoms with Crippen LogP contribution < -0.4 is 38.1 Å². The van der Waals surface area contributed by atoms with Gasteiger partial charge in [0.1, 0.15) is 18.8 Å². The largest absolute Gasteiger partial charge is 0.446 e. The number of carbonyl (C=O) groups is 6. The Bertz CT molecular complexity index is 2660. The molecule has 0 aromatic rings. The molecular weight excluding hydrogens is 1920 g/mol. The minimum absolute atomic E-state index is 0.0917. The predicted molar refractivity (Wildman–Crippen MR) is 547 cm³/mol. The summed E-state index contributed by atoms with van der Waals surface area (Å²) >= 11 is 1.23. The molecule has 0 bridgehead atoms. The van der Waals surface area contributed by atoms with Gasteiger partial charge in [0, 0.05) is 37.6 Å². The molecule has 6 amide bonds. The Morgan fingerprint density at radius 1 is 0.255 bits per heavy atom. The van der Waals surface area contributed by atoms with Crippen LogP contribution in [0.1, 0.15) is 174 Å². The van der Waals surface area contributed by atoms with E-state index in [1.54, 1.807) is 0 Å². The Balaban J connectivity index is 3.54. The lowest BCUT2D eigenvalue weighted by Crippen LogP contribution is -2.54. The second-order valence-corrected chi connectivity index (χ2v) is 34.2. The van der Waals surface area contributed by atoms with Crippen molar-refractivity contribution in [2.75, 3.05) is 421 Å². The molecule has 3 atom stereocenters. The van der Waals surface area contributed by atoms with Crippen molar-refractivity contribution < 1.29 is 176 Å². The van der Waals surface area contributed by atoms with Crippen molar-refractivity contribution in [3.8, 4) is 0 Å². The molecule has 0 aliphatic heterocycles. The first-order valence-corrected chi connectivity index (χ1v) is 54.8. The molecule has 0 heterocycles. The van der Waals surface area contributed by atoms with E-state index in [-0.39, 0.29) is 63.4 Å². The maximum absolute atomic E-state index is 13.1. The maximum atomic E-state index is 13.1. The molecule has 44 nitrogen and oxygen atoms in total. The molecule has 45 heteroatoms. The summed E-state index contributed by atoms with van der Waals surface area (Å²) in [5.41, 5.74) is 11.2. The first kappa shape index (κ1) is 141. The van der Waals surface area contributed by atoms with Crippen LogP contribution in [0.3, 0.4) is 0 Å². The van der Waals surface area contributed by atoms with Crippen molar-refractivity contribution in [1.29, 1.82) is 0 Å². The molecule has 0 aromatic heterocycles. The highest BCUT2D eigenvalue weighted by molar-refractivity contribution is 7.99. The lowest BCUT2D eigenvalue weighted by atomic mass is 10.1. The Hall–Kier alpha value is -4.43. The number of thioether (sulfide) groups is 1. The van der Waals surface area contributed by atoms with Crippen molar-refractivity contribution >= 4 is 47.6 Å². The van der Waals surface area contributed by atoms with Crippen LogP contribution in [0.4, 0.5) is 9.59 Å². The van der Waals surface area contributed by atoms with Crippen LogP contribution in [-0.4, -0.2) is 480 Å². The fourth-order valence-corrected chi connectivity index (χ4v) is 13.5. The molecule has 0 rings (SSSR count). The number of hydrogen-bond acceptors (Lipinski definition) is 39. The minimum Gasteiger partial charge on any atom is -0.446 e. The second-order valence-electron chi connectivity index (χ2n) is 33.1. The number of hydrogen-bond donors (Lipinski definition) is 8. The molecule has 860 valence electrons. The number of aliphatic hydroxyl groups is 1. The normalized spacial score (nSPS) is 12.2. The smallest absolute Gasteiger partial charge is 0.407 e. The third-order valence-electron chi connectivity index (χ3n) is 20.5. The van der Waals surface area contributed by atoms with Crippen molar-refractivity contribution in [2.45, 2.75) is 193 Å². The minimum atomic E-state index is -1.24. The SMILES string of the molecule is CCCCCCCCCCCCCCNC(=O)OC[C@H](CSC[C@H](N)C(=O)N[C@@H](CO)C(=O)NCCOCCOCCOCCOCCOCCOCCOCCOCCOCCOCCOCCOCCOCCOCCOCCOCCOCCOCCOCCOCCOCCOCCOCCOCCOCCOCCOCCOCCC(=O)NCC(N)=O)OC(=O)NCCCCCCCCCCCCCC. The standard InChI is InChI=1S/C100H197N7O37S/c1-3-5-7-9-11-13-15-17-19-21-23-25-28-104-99(113)143-89-92(144-100(114)105-29-26-24-22-20-18-16-14-12-10-8-6-4-2)90-145-91-93(101)97(111)107-94(88-108)98(112)103-30-32-116-34-36-118-38-40-120-42-44-122-46-48-124-50-52-126-54-56-128-58-60-130-62-64-132-66-68-134-70-72-136-74-76-138-78-80-140-82-84-142-86-85-141-83-81-139-79-77-137-75-73-135-71-69-133-67-65-131-63-61-129-59-57-127-55-53-125-51-49-123-47-45-121-43-41-119-39-37-117-35-33-115-31-27-96(110)106-87-95(102)109/h92-94,108H,3-91,101H2,1-2H3,(H2,102,109)(H,103,112)(H,104,113)(H,105,114)(H,106,110)(H,107,111)/t92-,93+,94+/m1/s1. The van der Waals surface area contributed by atoms with Crippen LogP contribution in [0, 0.1) is 0 Å².